The Balaban J connectivity index is 2.00. The van der Waals surface area contributed by atoms with Gasteiger partial charge in [-0.05, 0) is 42.8 Å². The van der Waals surface area contributed by atoms with E-state index in [0.717, 1.165) is 5.69 Å². The molecule has 126 valence electrons. The Bertz CT molecular complexity index is 766. The molecule has 0 aliphatic rings. The summed E-state index contributed by atoms with van der Waals surface area (Å²) in [4.78, 5) is 15.5. The summed E-state index contributed by atoms with van der Waals surface area (Å²) in [7, 11) is 1.29. The summed E-state index contributed by atoms with van der Waals surface area (Å²) in [5, 5.41) is 17.4. The van der Waals surface area contributed by atoms with Crippen LogP contribution in [0.15, 0.2) is 53.3 Å². The van der Waals surface area contributed by atoms with E-state index >= 15 is 0 Å². The first-order valence-corrected chi connectivity index (χ1v) is 7.35. The van der Waals surface area contributed by atoms with E-state index in [0.29, 0.717) is 16.5 Å². The van der Waals surface area contributed by atoms with E-state index in [2.05, 4.69) is 15.1 Å². The average Bonchev–Trinajstić information content (AvgIpc) is 3.01. The van der Waals surface area contributed by atoms with Gasteiger partial charge in [-0.2, -0.15) is 0 Å². The first-order valence-electron chi connectivity index (χ1n) is 6.97. The molecule has 0 fully saturated rings. The topological polar surface area (TPSA) is 85.9 Å². The van der Waals surface area contributed by atoms with E-state index in [1.165, 1.54) is 7.11 Å². The summed E-state index contributed by atoms with van der Waals surface area (Å²) in [5.41, 5.74) is 1.11. The van der Waals surface area contributed by atoms with Gasteiger partial charge in [0.25, 0.3) is 0 Å². The van der Waals surface area contributed by atoms with Crippen LogP contribution in [0.5, 0.6) is 5.88 Å². The Morgan fingerprint density at radius 1 is 1.38 bits per heavy atom. The molecule has 0 spiro atoms. The van der Waals surface area contributed by atoms with Crippen LogP contribution < -0.4 is 4.74 Å². The Kier molecular flexibility index (Phi) is 5.97. The van der Waals surface area contributed by atoms with Gasteiger partial charge < -0.3 is 14.7 Å². The van der Waals surface area contributed by atoms with E-state index in [-0.39, 0.29) is 12.3 Å². The number of halogens is 1. The fraction of sp³-hybridized carbons (Fsp3) is 0.188. The first kappa shape index (κ1) is 17.6. The second kappa shape index (κ2) is 8.16. The maximum absolute atomic E-state index is 11.0. The van der Waals surface area contributed by atoms with Crippen LogP contribution in [0.4, 0.5) is 0 Å². The Labute approximate surface area is 143 Å². The van der Waals surface area contributed by atoms with Crippen LogP contribution in [0.1, 0.15) is 6.92 Å². The lowest BCUT2D eigenvalue weighted by atomic mass is 10.2. The highest BCUT2D eigenvalue weighted by Crippen LogP contribution is 2.15. The molecule has 24 heavy (non-hydrogen) atoms. The highest BCUT2D eigenvalue weighted by molar-refractivity contribution is 6.42. The van der Waals surface area contributed by atoms with Gasteiger partial charge in [0.1, 0.15) is 13.7 Å². The minimum atomic E-state index is -1.17. The van der Waals surface area contributed by atoms with Gasteiger partial charge in [0.15, 0.2) is 5.71 Å². The molecule has 1 heterocycles. The van der Waals surface area contributed by atoms with Crippen LogP contribution in [0.2, 0.25) is 5.02 Å². The minimum absolute atomic E-state index is 0.152. The molecule has 0 saturated carbocycles. The van der Waals surface area contributed by atoms with E-state index < -0.39 is 5.97 Å². The second-order valence-electron chi connectivity index (χ2n) is 4.70. The van der Waals surface area contributed by atoms with Crippen LogP contribution in [0, 0.1) is 0 Å². The monoisotopic (exact) mass is 349 g/mol. The van der Waals surface area contributed by atoms with Gasteiger partial charge in [-0.3, -0.25) is 0 Å². The van der Waals surface area contributed by atoms with Gasteiger partial charge in [0.2, 0.25) is 5.88 Å². The third kappa shape index (κ3) is 4.60. The Morgan fingerprint density at radius 3 is 2.71 bits per heavy atom. The fourth-order valence-corrected chi connectivity index (χ4v) is 1.97. The van der Waals surface area contributed by atoms with Gasteiger partial charge >= 0.3 is 5.97 Å². The van der Waals surface area contributed by atoms with Crippen molar-refractivity contribution in [2.45, 2.75) is 6.92 Å². The third-order valence-electron chi connectivity index (χ3n) is 3.04. The number of carbonyl (C=O) groups is 1. The number of hydrogen-bond acceptors (Lipinski definition) is 5. The summed E-state index contributed by atoms with van der Waals surface area (Å²) in [6.45, 7) is 1.77. The van der Waals surface area contributed by atoms with Gasteiger partial charge in [-0.15, -0.1) is 5.10 Å². The second-order valence-corrected chi connectivity index (χ2v) is 5.14. The number of carboxylic acid groups (broad SMARTS) is 1. The third-order valence-corrected chi connectivity index (χ3v) is 3.29. The number of oxime groups is 1. The number of carboxylic acids is 1. The molecule has 1 aromatic heterocycles. The highest BCUT2D eigenvalue weighted by atomic mass is 35.5. The Hall–Kier alpha value is -2.80. The van der Waals surface area contributed by atoms with Crippen molar-refractivity contribution in [2.75, 3.05) is 13.7 Å². The number of ether oxygens (including phenoxy) is 1. The number of rotatable bonds is 7. The molecule has 7 nitrogen and oxygen atoms in total. The fourth-order valence-electron chi connectivity index (χ4n) is 1.84. The molecule has 1 N–H and O–H groups in total. The first-order chi connectivity index (χ1) is 11.5. The van der Waals surface area contributed by atoms with Crippen LogP contribution in [-0.4, -0.2) is 40.3 Å². The smallest absolute Gasteiger partial charge is 0.358 e. The van der Waals surface area contributed by atoms with Crippen molar-refractivity contribution in [3.63, 3.8) is 0 Å². The van der Waals surface area contributed by atoms with Gasteiger partial charge in [-0.25, -0.2) is 9.48 Å². The normalized spacial score (nSPS) is 12.1. The zero-order valence-electron chi connectivity index (χ0n) is 13.1. The van der Waals surface area contributed by atoms with E-state index in [1.807, 2.05) is 12.1 Å². The minimum Gasteiger partial charge on any atom is -0.476 e. The molecule has 2 rings (SSSR count). The van der Waals surface area contributed by atoms with E-state index in [9.17, 15) is 4.79 Å². The number of benzene rings is 1. The summed E-state index contributed by atoms with van der Waals surface area (Å²) in [6.07, 6.45) is 3.34. The largest absolute Gasteiger partial charge is 0.476 e. The number of aromatic nitrogens is 2. The summed E-state index contributed by atoms with van der Waals surface area (Å²) < 4.78 is 7.14. The molecule has 2 aromatic rings. The molecule has 0 unspecified atom stereocenters. The molecule has 0 aliphatic carbocycles. The number of hydrogen-bond donors (Lipinski definition) is 1. The van der Waals surface area contributed by atoms with Crippen LogP contribution in [-0.2, 0) is 9.63 Å². The molecule has 0 atom stereocenters. The quantitative estimate of drug-likeness (QED) is 0.613. The lowest BCUT2D eigenvalue weighted by Gasteiger charge is -2.03. The lowest BCUT2D eigenvalue weighted by molar-refractivity contribution is -0.129. The molecular formula is C16H16ClN3O4. The lowest BCUT2D eigenvalue weighted by Crippen LogP contribution is -2.15. The molecule has 8 heteroatoms. The van der Waals surface area contributed by atoms with Crippen molar-refractivity contribution in [1.82, 2.24) is 9.78 Å². The van der Waals surface area contributed by atoms with Crippen LogP contribution >= 0.6 is 11.6 Å². The van der Waals surface area contributed by atoms with Gasteiger partial charge in [0.05, 0.1) is 5.69 Å². The van der Waals surface area contributed by atoms with Crippen molar-refractivity contribution in [2.24, 2.45) is 5.16 Å². The molecular weight excluding hydrogens is 334 g/mol. The number of nitrogens with zero attached hydrogens (tertiary/aromatic N) is 3. The molecule has 0 amide bonds. The molecule has 0 aliphatic heterocycles. The zero-order chi connectivity index (χ0) is 17.5. The SMILES string of the molecule is CON=C(C(=O)O)C(C)=CCOc1ccn(-c2ccc(Cl)cc2)n1. The van der Waals surface area contributed by atoms with Crippen molar-refractivity contribution in [3.8, 4) is 11.6 Å². The zero-order valence-corrected chi connectivity index (χ0v) is 13.9. The molecule has 0 saturated heterocycles. The van der Waals surface area contributed by atoms with Crippen molar-refractivity contribution < 1.29 is 19.5 Å². The van der Waals surface area contributed by atoms with E-state index in [1.54, 1.807) is 42.1 Å². The Morgan fingerprint density at radius 2 is 2.08 bits per heavy atom. The maximum atomic E-state index is 11.0. The predicted octanol–water partition coefficient (Wildman–Crippen LogP) is 2.94. The van der Waals surface area contributed by atoms with Crippen LogP contribution in [0.3, 0.4) is 0 Å². The van der Waals surface area contributed by atoms with Gasteiger partial charge in [-0.1, -0.05) is 16.8 Å². The maximum Gasteiger partial charge on any atom is 0.358 e. The molecule has 0 radical (unpaired) electrons. The van der Waals surface area contributed by atoms with Crippen molar-refractivity contribution >= 4 is 23.3 Å². The van der Waals surface area contributed by atoms with Gasteiger partial charge in [0, 0.05) is 17.3 Å². The number of aliphatic carboxylic acids is 1. The highest BCUT2D eigenvalue weighted by Gasteiger charge is 2.12. The predicted molar refractivity (Wildman–Crippen MR) is 89.9 cm³/mol. The summed E-state index contributed by atoms with van der Waals surface area (Å²) >= 11 is 5.85. The van der Waals surface area contributed by atoms with Crippen LogP contribution in [0.25, 0.3) is 5.69 Å². The standard InChI is InChI=1S/C16H16ClN3O4/c1-11(15(16(21)22)19-23-2)8-10-24-14-7-9-20(18-14)13-5-3-12(17)4-6-13/h3-9H,10H2,1-2H3,(H,21,22). The van der Waals surface area contributed by atoms with Crippen molar-refractivity contribution in [3.05, 3.63) is 53.2 Å². The molecule has 0 bridgehead atoms. The average molecular weight is 350 g/mol. The van der Waals surface area contributed by atoms with E-state index in [4.69, 9.17) is 21.4 Å². The summed E-state index contributed by atoms with van der Waals surface area (Å²) in [6, 6.07) is 8.92. The summed E-state index contributed by atoms with van der Waals surface area (Å²) in [5.74, 6) is -0.757. The molecule has 1 aromatic carbocycles. The van der Waals surface area contributed by atoms with Crippen molar-refractivity contribution in [1.29, 1.82) is 0 Å².